The van der Waals surface area contributed by atoms with Crippen LogP contribution in [0.1, 0.15) is 18.5 Å². The topological polar surface area (TPSA) is 86.8 Å². The number of rotatable bonds is 4. The number of benzene rings is 1. The fourth-order valence-electron chi connectivity index (χ4n) is 2.09. The Morgan fingerprint density at radius 1 is 1.23 bits per heavy atom. The standard InChI is InChI=1S/C14H14BrN3O4/c1-8(9-5-3-4-6-10(9)15)16-11(19)7-18-13(21)12(20)17(2)14(18)22/h3-6,8H,7H2,1-2H3,(H,16,19)/t8-/m0/s1. The Bertz CT molecular complexity index is 661. The van der Waals surface area contributed by atoms with Gasteiger partial charge in [-0.3, -0.25) is 19.3 Å². The first kappa shape index (κ1) is 16.2. The molecule has 7 nitrogen and oxygen atoms in total. The minimum absolute atomic E-state index is 0.315. The summed E-state index contributed by atoms with van der Waals surface area (Å²) in [6, 6.07) is 6.27. The highest BCUT2D eigenvalue weighted by Crippen LogP contribution is 2.22. The van der Waals surface area contributed by atoms with Gasteiger partial charge in [-0.15, -0.1) is 0 Å². The molecule has 1 N–H and O–H groups in total. The van der Waals surface area contributed by atoms with Crippen LogP contribution in [0.25, 0.3) is 0 Å². The summed E-state index contributed by atoms with van der Waals surface area (Å²) < 4.78 is 0.839. The van der Waals surface area contributed by atoms with E-state index >= 15 is 0 Å². The number of nitrogens with zero attached hydrogens (tertiary/aromatic N) is 2. The highest BCUT2D eigenvalue weighted by molar-refractivity contribution is 9.10. The second kappa shape index (κ2) is 6.27. The highest BCUT2D eigenvalue weighted by atomic mass is 79.9. The highest BCUT2D eigenvalue weighted by Gasteiger charge is 2.43. The van der Waals surface area contributed by atoms with Gasteiger partial charge in [-0.1, -0.05) is 34.1 Å². The molecule has 5 amide bonds. The van der Waals surface area contributed by atoms with E-state index in [2.05, 4.69) is 21.2 Å². The molecule has 1 aromatic rings. The molecule has 0 bridgehead atoms. The van der Waals surface area contributed by atoms with Gasteiger partial charge in [-0.05, 0) is 18.6 Å². The molecule has 0 radical (unpaired) electrons. The van der Waals surface area contributed by atoms with E-state index in [1.54, 1.807) is 6.92 Å². The number of carbonyl (C=O) groups excluding carboxylic acids is 4. The Hall–Kier alpha value is -2.22. The SMILES string of the molecule is C[C@H](NC(=O)CN1C(=O)C(=O)N(C)C1=O)c1ccccc1Br. The fourth-order valence-corrected chi connectivity index (χ4v) is 2.72. The number of hydrogen-bond donors (Lipinski definition) is 1. The van der Waals surface area contributed by atoms with E-state index < -0.39 is 30.3 Å². The van der Waals surface area contributed by atoms with Crippen molar-refractivity contribution in [2.75, 3.05) is 13.6 Å². The van der Waals surface area contributed by atoms with Crippen LogP contribution in [0.15, 0.2) is 28.7 Å². The summed E-state index contributed by atoms with van der Waals surface area (Å²) in [4.78, 5) is 48.0. The van der Waals surface area contributed by atoms with Crippen molar-refractivity contribution in [1.29, 1.82) is 0 Å². The van der Waals surface area contributed by atoms with E-state index in [-0.39, 0.29) is 6.04 Å². The molecule has 0 spiro atoms. The second-order valence-electron chi connectivity index (χ2n) is 4.85. The molecular weight excluding hydrogens is 354 g/mol. The summed E-state index contributed by atoms with van der Waals surface area (Å²) >= 11 is 3.39. The van der Waals surface area contributed by atoms with Crippen LogP contribution in [-0.2, 0) is 14.4 Å². The van der Waals surface area contributed by atoms with E-state index in [0.29, 0.717) is 9.80 Å². The molecule has 1 aliphatic rings. The fraction of sp³-hybridized carbons (Fsp3) is 0.286. The van der Waals surface area contributed by atoms with Gasteiger partial charge in [0.2, 0.25) is 5.91 Å². The molecule has 1 aromatic carbocycles. The van der Waals surface area contributed by atoms with Gasteiger partial charge in [0.05, 0.1) is 6.04 Å². The summed E-state index contributed by atoms with van der Waals surface area (Å²) in [5.41, 5.74) is 0.864. The Labute approximate surface area is 135 Å². The van der Waals surface area contributed by atoms with Crippen LogP contribution in [0.2, 0.25) is 0 Å². The van der Waals surface area contributed by atoms with Crippen molar-refractivity contribution >= 4 is 39.7 Å². The number of urea groups is 1. The van der Waals surface area contributed by atoms with Crippen LogP contribution < -0.4 is 5.32 Å². The number of likely N-dealkylation sites (N-methyl/N-ethyl adjacent to an activating group) is 1. The zero-order valence-corrected chi connectivity index (χ0v) is 13.6. The largest absolute Gasteiger partial charge is 0.348 e. The quantitative estimate of drug-likeness (QED) is 0.636. The van der Waals surface area contributed by atoms with E-state index in [9.17, 15) is 19.2 Å². The summed E-state index contributed by atoms with van der Waals surface area (Å²) in [6.07, 6.45) is 0. The lowest BCUT2D eigenvalue weighted by molar-refractivity contribution is -0.143. The van der Waals surface area contributed by atoms with E-state index in [4.69, 9.17) is 0 Å². The number of nitrogens with one attached hydrogen (secondary N) is 1. The van der Waals surface area contributed by atoms with Crippen LogP contribution in [-0.4, -0.2) is 47.1 Å². The minimum atomic E-state index is -0.990. The Kier molecular flexibility index (Phi) is 4.60. The van der Waals surface area contributed by atoms with Gasteiger partial charge >= 0.3 is 17.8 Å². The monoisotopic (exact) mass is 367 g/mol. The zero-order chi connectivity index (χ0) is 16.4. The third-order valence-electron chi connectivity index (χ3n) is 3.30. The summed E-state index contributed by atoms with van der Waals surface area (Å²) in [5.74, 6) is -2.44. The third kappa shape index (κ3) is 3.01. The second-order valence-corrected chi connectivity index (χ2v) is 5.70. The van der Waals surface area contributed by atoms with Gasteiger partial charge in [-0.2, -0.15) is 0 Å². The molecule has 1 fully saturated rings. The van der Waals surface area contributed by atoms with Crippen molar-refractivity contribution in [3.8, 4) is 0 Å². The summed E-state index contributed by atoms with van der Waals surface area (Å²) in [6.45, 7) is 1.30. The first-order valence-corrected chi connectivity index (χ1v) is 7.29. The number of halogens is 1. The third-order valence-corrected chi connectivity index (χ3v) is 4.02. The van der Waals surface area contributed by atoms with Crippen molar-refractivity contribution in [3.05, 3.63) is 34.3 Å². The van der Waals surface area contributed by atoms with Crippen LogP contribution in [0.5, 0.6) is 0 Å². The van der Waals surface area contributed by atoms with Crippen molar-refractivity contribution in [2.45, 2.75) is 13.0 Å². The molecule has 2 rings (SSSR count). The van der Waals surface area contributed by atoms with Crippen LogP contribution in [0.3, 0.4) is 0 Å². The molecule has 8 heteroatoms. The van der Waals surface area contributed by atoms with Crippen molar-refractivity contribution in [3.63, 3.8) is 0 Å². The Morgan fingerprint density at radius 3 is 2.41 bits per heavy atom. The van der Waals surface area contributed by atoms with Crippen molar-refractivity contribution in [2.24, 2.45) is 0 Å². The predicted octanol–water partition coefficient (Wildman–Crippen LogP) is 1.05. The molecule has 22 heavy (non-hydrogen) atoms. The lowest BCUT2D eigenvalue weighted by Crippen LogP contribution is -2.41. The van der Waals surface area contributed by atoms with E-state index in [1.807, 2.05) is 24.3 Å². The van der Waals surface area contributed by atoms with E-state index in [1.165, 1.54) is 7.05 Å². The van der Waals surface area contributed by atoms with Crippen molar-refractivity contribution < 1.29 is 19.2 Å². The van der Waals surface area contributed by atoms with Crippen LogP contribution >= 0.6 is 15.9 Å². The Balaban J connectivity index is 2.02. The molecule has 1 heterocycles. The van der Waals surface area contributed by atoms with Crippen molar-refractivity contribution in [1.82, 2.24) is 15.1 Å². The number of carbonyl (C=O) groups is 4. The maximum absolute atomic E-state index is 12.0. The molecule has 1 saturated heterocycles. The van der Waals surface area contributed by atoms with Gasteiger partial charge in [0.15, 0.2) is 0 Å². The Morgan fingerprint density at radius 2 is 1.86 bits per heavy atom. The maximum atomic E-state index is 12.0. The van der Waals surface area contributed by atoms with Gasteiger partial charge in [0, 0.05) is 11.5 Å². The van der Waals surface area contributed by atoms with Gasteiger partial charge in [-0.25, -0.2) is 9.69 Å². The molecular formula is C14H14BrN3O4. The zero-order valence-electron chi connectivity index (χ0n) is 12.0. The molecule has 1 atom stereocenters. The van der Waals surface area contributed by atoms with Crippen LogP contribution in [0, 0.1) is 0 Å². The molecule has 116 valence electrons. The van der Waals surface area contributed by atoms with Gasteiger partial charge in [0.25, 0.3) is 0 Å². The van der Waals surface area contributed by atoms with Gasteiger partial charge < -0.3 is 5.32 Å². The first-order chi connectivity index (χ1) is 10.3. The molecule has 0 aromatic heterocycles. The average molecular weight is 368 g/mol. The van der Waals surface area contributed by atoms with Gasteiger partial charge in [0.1, 0.15) is 6.54 Å². The summed E-state index contributed by atoms with van der Waals surface area (Å²) in [5, 5.41) is 2.69. The molecule has 0 saturated carbocycles. The summed E-state index contributed by atoms with van der Waals surface area (Å²) in [7, 11) is 1.20. The molecule has 0 aliphatic carbocycles. The number of imide groups is 2. The number of hydrogen-bond acceptors (Lipinski definition) is 4. The molecule has 0 unspecified atom stereocenters. The minimum Gasteiger partial charge on any atom is -0.348 e. The van der Waals surface area contributed by atoms with Crippen LogP contribution in [0.4, 0.5) is 4.79 Å². The predicted molar refractivity (Wildman–Crippen MR) is 80.6 cm³/mol. The smallest absolute Gasteiger partial charge is 0.334 e. The lowest BCUT2D eigenvalue weighted by atomic mass is 10.1. The lowest BCUT2D eigenvalue weighted by Gasteiger charge is -2.18. The molecule has 1 aliphatic heterocycles. The number of amides is 5. The first-order valence-electron chi connectivity index (χ1n) is 6.50. The van der Waals surface area contributed by atoms with E-state index in [0.717, 1.165) is 10.0 Å². The maximum Gasteiger partial charge on any atom is 0.334 e. The average Bonchev–Trinajstić information content (AvgIpc) is 2.65. The normalized spacial score (nSPS) is 16.2.